The molecule has 28 heavy (non-hydrogen) atoms. The van der Waals surface area contributed by atoms with Crippen molar-refractivity contribution in [3.8, 4) is 0 Å². The third kappa shape index (κ3) is 4.30. The summed E-state index contributed by atoms with van der Waals surface area (Å²) in [6, 6.07) is 5.29. The Balaban J connectivity index is 1.45. The molecule has 3 aromatic rings. The predicted molar refractivity (Wildman–Crippen MR) is 109 cm³/mol. The summed E-state index contributed by atoms with van der Waals surface area (Å²) in [7, 11) is 0. The molecule has 0 unspecified atom stereocenters. The summed E-state index contributed by atoms with van der Waals surface area (Å²) in [5.74, 6) is 0.310. The number of nitrogens with zero attached hydrogens (tertiary/aromatic N) is 4. The lowest BCUT2D eigenvalue weighted by atomic mass is 10.2. The quantitative estimate of drug-likeness (QED) is 0.631. The number of aromatic amines is 1. The molecule has 3 heterocycles. The molecule has 0 radical (unpaired) electrons. The number of imidazole rings is 1. The maximum absolute atomic E-state index is 12.6. The van der Waals surface area contributed by atoms with E-state index in [0.717, 1.165) is 5.56 Å². The molecule has 4 rings (SSSR count). The van der Waals surface area contributed by atoms with Gasteiger partial charge >= 0.3 is 0 Å². The van der Waals surface area contributed by atoms with Crippen LogP contribution in [0.5, 0.6) is 0 Å². The Labute approximate surface area is 174 Å². The number of H-pyrrole nitrogens is 1. The van der Waals surface area contributed by atoms with Gasteiger partial charge in [0.25, 0.3) is 5.56 Å². The van der Waals surface area contributed by atoms with Crippen LogP contribution >= 0.6 is 23.2 Å². The first-order valence-electron chi connectivity index (χ1n) is 9.80. The van der Waals surface area contributed by atoms with Crippen LogP contribution in [-0.2, 0) is 17.8 Å². The van der Waals surface area contributed by atoms with E-state index in [9.17, 15) is 4.79 Å². The summed E-state index contributed by atoms with van der Waals surface area (Å²) in [6.07, 6.45) is 1.57. The van der Waals surface area contributed by atoms with Gasteiger partial charge < -0.3 is 14.6 Å². The van der Waals surface area contributed by atoms with E-state index < -0.39 is 6.56 Å². The molecule has 2 N–H and O–H groups in total. The van der Waals surface area contributed by atoms with Crippen molar-refractivity contribution in [2.75, 3.05) is 38.1 Å². The molecule has 8 nitrogen and oxygen atoms in total. The fourth-order valence-corrected chi connectivity index (χ4v) is 3.30. The van der Waals surface area contributed by atoms with Gasteiger partial charge in [0.05, 0.1) is 32.3 Å². The molecule has 148 valence electrons. The van der Waals surface area contributed by atoms with Crippen LogP contribution in [0.25, 0.3) is 11.2 Å². The Morgan fingerprint density at radius 3 is 3.00 bits per heavy atom. The third-order valence-corrected chi connectivity index (χ3v) is 5.22. The molecule has 0 atom stereocenters. The highest BCUT2D eigenvalue weighted by Crippen LogP contribution is 2.22. The molecule has 1 aromatic carbocycles. The van der Waals surface area contributed by atoms with Crippen LogP contribution in [0.2, 0.25) is 10.0 Å². The number of rotatable bonds is 6. The first kappa shape index (κ1) is 16.8. The van der Waals surface area contributed by atoms with Crippen molar-refractivity contribution in [3.05, 3.63) is 50.5 Å². The number of anilines is 1. The fourth-order valence-electron chi connectivity index (χ4n) is 2.98. The summed E-state index contributed by atoms with van der Waals surface area (Å²) in [5.41, 5.74) is 1.31. The zero-order chi connectivity index (χ0) is 21.3. The van der Waals surface area contributed by atoms with Crippen LogP contribution in [-0.4, -0.2) is 57.2 Å². The molecule has 1 saturated heterocycles. The lowest BCUT2D eigenvalue weighted by Crippen LogP contribution is -2.38. The number of hydrogen-bond acceptors (Lipinski definition) is 6. The second-order valence-electron chi connectivity index (χ2n) is 6.40. The standard InChI is InChI=1S/C18H20Cl2N6O2/c19-13-2-1-12(9-14(13)20)10-21-18-23-16-15(17(27)24-18)26(11-22-16)4-3-25-5-7-28-8-6-25/h1-2,9,11H,3-8,10H2,(H2,21,23,24,27)/i7D2. The van der Waals surface area contributed by atoms with Crippen LogP contribution in [0.15, 0.2) is 29.3 Å². The van der Waals surface area contributed by atoms with Gasteiger partial charge in [-0.15, -0.1) is 0 Å². The highest BCUT2D eigenvalue weighted by atomic mass is 35.5. The van der Waals surface area contributed by atoms with Gasteiger partial charge in [0.2, 0.25) is 5.95 Å². The van der Waals surface area contributed by atoms with E-state index in [-0.39, 0.29) is 12.1 Å². The van der Waals surface area contributed by atoms with Crippen molar-refractivity contribution < 1.29 is 7.48 Å². The van der Waals surface area contributed by atoms with Gasteiger partial charge in [-0.25, -0.2) is 4.98 Å². The van der Waals surface area contributed by atoms with Gasteiger partial charge in [-0.2, -0.15) is 4.98 Å². The molecule has 2 aromatic heterocycles. The lowest BCUT2D eigenvalue weighted by Gasteiger charge is -2.26. The number of nitrogens with one attached hydrogen (secondary N) is 2. The third-order valence-electron chi connectivity index (χ3n) is 4.48. The first-order chi connectivity index (χ1) is 14.3. The summed E-state index contributed by atoms with van der Waals surface area (Å²) in [6.45, 7) is 1.00. The molecule has 1 aliphatic rings. The highest BCUT2D eigenvalue weighted by molar-refractivity contribution is 6.42. The second kappa shape index (κ2) is 8.48. The molecular formula is C18H20Cl2N6O2. The minimum absolute atomic E-state index is 0.191. The number of hydrogen-bond donors (Lipinski definition) is 2. The summed E-state index contributed by atoms with van der Waals surface area (Å²) in [4.78, 5) is 25.9. The molecule has 0 bridgehead atoms. The monoisotopic (exact) mass is 424 g/mol. The van der Waals surface area contributed by atoms with E-state index >= 15 is 0 Å². The molecule has 0 spiro atoms. The van der Waals surface area contributed by atoms with Crippen molar-refractivity contribution in [2.45, 2.75) is 13.1 Å². The van der Waals surface area contributed by atoms with Gasteiger partial charge in [-0.1, -0.05) is 29.3 Å². The van der Waals surface area contributed by atoms with Gasteiger partial charge in [0.15, 0.2) is 11.2 Å². The minimum atomic E-state index is -1.65. The molecule has 0 amide bonds. The van der Waals surface area contributed by atoms with E-state index in [1.165, 1.54) is 0 Å². The number of halogens is 2. The number of fused-ring (bicyclic) bond motifs is 1. The minimum Gasteiger partial charge on any atom is -0.379 e. The molecule has 1 aliphatic heterocycles. The second-order valence-corrected chi connectivity index (χ2v) is 7.21. The maximum atomic E-state index is 12.6. The van der Waals surface area contributed by atoms with Crippen molar-refractivity contribution >= 4 is 40.3 Å². The van der Waals surface area contributed by atoms with E-state index in [1.807, 2.05) is 11.0 Å². The number of morpholine rings is 1. The van der Waals surface area contributed by atoms with Crippen molar-refractivity contribution in [2.24, 2.45) is 0 Å². The van der Waals surface area contributed by atoms with Gasteiger partial charge in [0, 0.05) is 32.7 Å². The topological polar surface area (TPSA) is 88.1 Å². The van der Waals surface area contributed by atoms with E-state index in [0.29, 0.717) is 59.9 Å². The highest BCUT2D eigenvalue weighted by Gasteiger charge is 2.14. The molecule has 10 heteroatoms. The molecule has 0 saturated carbocycles. The zero-order valence-corrected chi connectivity index (χ0v) is 16.4. The zero-order valence-electron chi connectivity index (χ0n) is 16.9. The van der Waals surface area contributed by atoms with Gasteiger partial charge in [0.1, 0.15) is 0 Å². The Bertz CT molecular complexity index is 1120. The van der Waals surface area contributed by atoms with Crippen LogP contribution in [0.4, 0.5) is 5.95 Å². The SMILES string of the molecule is [2H]C1([2H])CN(CCn2cnc3nc(NCc4ccc(Cl)c(Cl)c4)[nH]c(=O)c32)CCO1. The predicted octanol–water partition coefficient (Wildman–Crippen LogP) is 2.37. The van der Waals surface area contributed by atoms with Gasteiger partial charge in [-0.3, -0.25) is 14.7 Å². The van der Waals surface area contributed by atoms with Crippen LogP contribution in [0, 0.1) is 0 Å². The van der Waals surface area contributed by atoms with Crippen LogP contribution < -0.4 is 10.9 Å². The Morgan fingerprint density at radius 2 is 2.18 bits per heavy atom. The normalized spacial score (nSPS) is 18.1. The van der Waals surface area contributed by atoms with E-state index in [4.69, 9.17) is 30.7 Å². The molecular weight excluding hydrogens is 403 g/mol. The summed E-state index contributed by atoms with van der Waals surface area (Å²) >= 11 is 12.0. The maximum Gasteiger partial charge on any atom is 0.278 e. The van der Waals surface area contributed by atoms with Crippen LogP contribution in [0.3, 0.4) is 0 Å². The van der Waals surface area contributed by atoms with Crippen molar-refractivity contribution in [3.63, 3.8) is 0 Å². The smallest absolute Gasteiger partial charge is 0.278 e. The summed E-state index contributed by atoms with van der Waals surface area (Å²) in [5, 5.41) is 4.00. The largest absolute Gasteiger partial charge is 0.379 e. The van der Waals surface area contributed by atoms with E-state index in [2.05, 4.69) is 20.3 Å². The lowest BCUT2D eigenvalue weighted by molar-refractivity contribution is 0.0365. The van der Waals surface area contributed by atoms with Crippen LogP contribution in [0.1, 0.15) is 8.30 Å². The average Bonchev–Trinajstić information content (AvgIpc) is 3.10. The molecule has 1 fully saturated rings. The Kier molecular flexibility index (Phi) is 5.09. The Morgan fingerprint density at radius 1 is 1.29 bits per heavy atom. The Hall–Kier alpha value is -2.13. The first-order valence-corrected chi connectivity index (χ1v) is 9.56. The fraction of sp³-hybridized carbons (Fsp3) is 0.389. The number of benzene rings is 1. The average molecular weight is 425 g/mol. The van der Waals surface area contributed by atoms with Crippen molar-refractivity contribution in [1.29, 1.82) is 0 Å². The number of ether oxygens (including phenoxy) is 1. The van der Waals surface area contributed by atoms with E-state index in [1.54, 1.807) is 23.0 Å². The van der Waals surface area contributed by atoms with Gasteiger partial charge in [-0.05, 0) is 17.7 Å². The molecule has 0 aliphatic carbocycles. The number of aromatic nitrogens is 4. The summed E-state index contributed by atoms with van der Waals surface area (Å²) < 4.78 is 22.3. The van der Waals surface area contributed by atoms with Crippen molar-refractivity contribution in [1.82, 2.24) is 24.4 Å².